The molecule has 8 nitrogen and oxygen atoms in total. The topological polar surface area (TPSA) is 88.1 Å². The van der Waals surface area contributed by atoms with E-state index in [9.17, 15) is 4.79 Å². The third kappa shape index (κ3) is 6.32. The molecule has 0 saturated carbocycles. The minimum Gasteiger partial charge on any atom is -0.378 e. The summed E-state index contributed by atoms with van der Waals surface area (Å²) in [5.74, 6) is 0.366. The summed E-state index contributed by atoms with van der Waals surface area (Å²) in [4.78, 5) is 21.7. The van der Waals surface area contributed by atoms with Gasteiger partial charge in [0, 0.05) is 13.1 Å². The average molecular weight is 462 g/mol. The Labute approximate surface area is 184 Å². The van der Waals surface area contributed by atoms with Crippen LogP contribution in [0.5, 0.6) is 0 Å². The van der Waals surface area contributed by atoms with Crippen molar-refractivity contribution in [3.8, 4) is 0 Å². The molecule has 11 heteroatoms. The molecule has 0 radical (unpaired) electrons. The second-order valence-electron chi connectivity index (χ2n) is 6.53. The first-order chi connectivity index (χ1) is 13.4. The van der Waals surface area contributed by atoms with Crippen LogP contribution in [0.2, 0.25) is 10.0 Å². The molecule has 2 N–H and O–H groups in total. The van der Waals surface area contributed by atoms with Crippen molar-refractivity contribution in [2.75, 3.05) is 39.2 Å². The summed E-state index contributed by atoms with van der Waals surface area (Å²) >= 11 is 11.9. The number of halogens is 3. The standard InChI is InChI=1S/C18H22Cl2N6O2.ClH/c1-25(2)5-7-28-8-6-26-16-15(11-22-26)23-18(24-17(16)27)21-10-12-3-4-13(19)14(20)9-12;/h3-4,9,11H,5-8,10H2,1-2H3,(H2,21,23,24,27);1H. The Bertz CT molecular complexity index is 1000. The summed E-state index contributed by atoms with van der Waals surface area (Å²) in [6.07, 6.45) is 1.58. The minimum atomic E-state index is -0.257. The molecule has 1 aromatic carbocycles. The molecule has 3 aromatic rings. The monoisotopic (exact) mass is 460 g/mol. The fourth-order valence-electron chi connectivity index (χ4n) is 2.59. The van der Waals surface area contributed by atoms with E-state index in [1.54, 1.807) is 23.0 Å². The number of nitrogens with one attached hydrogen (secondary N) is 2. The summed E-state index contributed by atoms with van der Waals surface area (Å²) in [6.45, 7) is 2.87. The molecule has 0 unspecified atom stereocenters. The van der Waals surface area contributed by atoms with E-state index in [0.29, 0.717) is 53.3 Å². The number of hydrogen-bond donors (Lipinski definition) is 2. The predicted molar refractivity (Wildman–Crippen MR) is 119 cm³/mol. The van der Waals surface area contributed by atoms with Gasteiger partial charge in [0.15, 0.2) is 5.52 Å². The number of H-pyrrole nitrogens is 1. The van der Waals surface area contributed by atoms with Gasteiger partial charge in [0.1, 0.15) is 5.52 Å². The molecular formula is C18H23Cl3N6O2. The summed E-state index contributed by atoms with van der Waals surface area (Å²) in [5, 5.41) is 8.31. The Hall–Kier alpha value is -1.84. The van der Waals surface area contributed by atoms with E-state index in [-0.39, 0.29) is 18.0 Å². The van der Waals surface area contributed by atoms with Crippen molar-refractivity contribution in [2.45, 2.75) is 13.1 Å². The van der Waals surface area contributed by atoms with E-state index < -0.39 is 0 Å². The second-order valence-corrected chi connectivity index (χ2v) is 7.35. The van der Waals surface area contributed by atoms with Crippen LogP contribution in [0.3, 0.4) is 0 Å². The molecule has 0 saturated heterocycles. The van der Waals surface area contributed by atoms with E-state index in [1.807, 2.05) is 25.1 Å². The first kappa shape index (κ1) is 23.4. The Kier molecular flexibility index (Phi) is 8.73. The van der Waals surface area contributed by atoms with Crippen LogP contribution >= 0.6 is 35.6 Å². The van der Waals surface area contributed by atoms with Gasteiger partial charge in [-0.3, -0.25) is 14.5 Å². The van der Waals surface area contributed by atoms with Crippen molar-refractivity contribution in [2.24, 2.45) is 0 Å². The Balaban J connectivity index is 0.00000300. The van der Waals surface area contributed by atoms with Gasteiger partial charge in [-0.15, -0.1) is 12.4 Å². The molecule has 2 heterocycles. The normalized spacial score (nSPS) is 11.1. The maximum Gasteiger partial charge on any atom is 0.278 e. The second kappa shape index (κ2) is 10.8. The summed E-state index contributed by atoms with van der Waals surface area (Å²) in [7, 11) is 3.98. The smallest absolute Gasteiger partial charge is 0.278 e. The van der Waals surface area contributed by atoms with Gasteiger partial charge in [-0.2, -0.15) is 5.10 Å². The largest absolute Gasteiger partial charge is 0.378 e. The Morgan fingerprint density at radius 2 is 2.03 bits per heavy atom. The lowest BCUT2D eigenvalue weighted by atomic mass is 10.2. The van der Waals surface area contributed by atoms with E-state index in [2.05, 4.69) is 20.4 Å². The first-order valence-corrected chi connectivity index (χ1v) is 9.56. The van der Waals surface area contributed by atoms with E-state index >= 15 is 0 Å². The first-order valence-electron chi connectivity index (χ1n) is 8.80. The summed E-state index contributed by atoms with van der Waals surface area (Å²) in [5.41, 5.74) is 1.61. The van der Waals surface area contributed by atoms with Gasteiger partial charge in [-0.25, -0.2) is 4.98 Å². The van der Waals surface area contributed by atoms with Crippen LogP contribution in [-0.4, -0.2) is 58.5 Å². The van der Waals surface area contributed by atoms with Gasteiger partial charge in [0.2, 0.25) is 5.95 Å². The molecule has 0 atom stereocenters. The van der Waals surface area contributed by atoms with E-state index in [4.69, 9.17) is 27.9 Å². The van der Waals surface area contributed by atoms with Gasteiger partial charge >= 0.3 is 0 Å². The van der Waals surface area contributed by atoms with Gasteiger partial charge < -0.3 is 15.0 Å². The molecule has 0 aliphatic rings. The van der Waals surface area contributed by atoms with Gasteiger partial charge in [-0.1, -0.05) is 29.3 Å². The van der Waals surface area contributed by atoms with Gasteiger partial charge in [0.05, 0.1) is 36.0 Å². The van der Waals surface area contributed by atoms with E-state index in [1.165, 1.54) is 0 Å². The number of anilines is 1. The number of ether oxygens (including phenoxy) is 1. The van der Waals surface area contributed by atoms with Crippen molar-refractivity contribution in [3.63, 3.8) is 0 Å². The molecular weight excluding hydrogens is 439 g/mol. The Morgan fingerprint density at radius 3 is 2.76 bits per heavy atom. The van der Waals surface area contributed by atoms with Gasteiger partial charge in [-0.05, 0) is 31.8 Å². The lowest BCUT2D eigenvalue weighted by Gasteiger charge is -2.10. The fraction of sp³-hybridized carbons (Fsp3) is 0.389. The molecule has 0 aliphatic carbocycles. The number of likely N-dealkylation sites (N-methyl/N-ethyl adjacent to an activating group) is 1. The van der Waals surface area contributed by atoms with Crippen LogP contribution in [0.25, 0.3) is 11.0 Å². The fourth-order valence-corrected chi connectivity index (χ4v) is 2.92. The van der Waals surface area contributed by atoms with Crippen LogP contribution in [0.1, 0.15) is 5.56 Å². The molecule has 3 rings (SSSR count). The highest BCUT2D eigenvalue weighted by atomic mass is 35.5. The predicted octanol–water partition coefficient (Wildman–Crippen LogP) is 3.04. The highest BCUT2D eigenvalue weighted by molar-refractivity contribution is 6.42. The molecule has 158 valence electrons. The van der Waals surface area contributed by atoms with Crippen LogP contribution in [0.15, 0.2) is 29.2 Å². The third-order valence-electron chi connectivity index (χ3n) is 4.07. The average Bonchev–Trinajstić information content (AvgIpc) is 3.06. The maximum absolute atomic E-state index is 12.5. The van der Waals surface area contributed by atoms with Crippen molar-refractivity contribution < 1.29 is 4.74 Å². The minimum absolute atomic E-state index is 0. The SMILES string of the molecule is CN(C)CCOCCn1ncc2nc(NCc3ccc(Cl)c(Cl)c3)[nH]c(=O)c21.Cl. The quantitative estimate of drug-likeness (QED) is 0.476. The lowest BCUT2D eigenvalue weighted by Crippen LogP contribution is -2.20. The number of rotatable bonds is 9. The lowest BCUT2D eigenvalue weighted by molar-refractivity contribution is 0.109. The van der Waals surface area contributed by atoms with Gasteiger partial charge in [0.25, 0.3) is 5.56 Å². The van der Waals surface area contributed by atoms with Crippen LogP contribution in [0.4, 0.5) is 5.95 Å². The van der Waals surface area contributed by atoms with Crippen molar-refractivity contribution in [3.05, 3.63) is 50.4 Å². The number of nitrogens with zero attached hydrogens (tertiary/aromatic N) is 4. The highest BCUT2D eigenvalue weighted by Gasteiger charge is 2.10. The van der Waals surface area contributed by atoms with Crippen LogP contribution < -0.4 is 10.9 Å². The molecule has 2 aromatic heterocycles. The van der Waals surface area contributed by atoms with Crippen LogP contribution in [0, 0.1) is 0 Å². The number of fused-ring (bicyclic) bond motifs is 1. The molecule has 0 fully saturated rings. The molecule has 29 heavy (non-hydrogen) atoms. The summed E-state index contributed by atoms with van der Waals surface area (Å²) < 4.78 is 7.18. The zero-order chi connectivity index (χ0) is 20.1. The zero-order valence-electron chi connectivity index (χ0n) is 16.1. The molecule has 0 aliphatic heterocycles. The summed E-state index contributed by atoms with van der Waals surface area (Å²) in [6, 6.07) is 5.35. The molecule has 0 spiro atoms. The van der Waals surface area contributed by atoms with Crippen molar-refractivity contribution in [1.29, 1.82) is 0 Å². The number of hydrogen-bond acceptors (Lipinski definition) is 6. The highest BCUT2D eigenvalue weighted by Crippen LogP contribution is 2.22. The maximum atomic E-state index is 12.5. The third-order valence-corrected chi connectivity index (χ3v) is 4.81. The van der Waals surface area contributed by atoms with Crippen LogP contribution in [-0.2, 0) is 17.8 Å². The Morgan fingerprint density at radius 1 is 1.24 bits per heavy atom. The van der Waals surface area contributed by atoms with Crippen molar-refractivity contribution in [1.82, 2.24) is 24.6 Å². The molecule has 0 amide bonds. The van der Waals surface area contributed by atoms with Crippen molar-refractivity contribution >= 4 is 52.6 Å². The van der Waals surface area contributed by atoms with E-state index in [0.717, 1.165) is 12.1 Å². The molecule has 0 bridgehead atoms. The number of aromatic amines is 1. The number of benzene rings is 1. The number of aromatic nitrogens is 4. The zero-order valence-corrected chi connectivity index (χ0v) is 18.4.